The van der Waals surface area contributed by atoms with E-state index in [0.717, 1.165) is 11.0 Å². The van der Waals surface area contributed by atoms with Gasteiger partial charge in [0, 0.05) is 17.7 Å². The molecule has 36 heavy (non-hydrogen) atoms. The Morgan fingerprint density at radius 3 is 1.97 bits per heavy atom. The van der Waals surface area contributed by atoms with E-state index in [4.69, 9.17) is 16.6 Å². The molecule has 1 heterocycles. The second kappa shape index (κ2) is 11.6. The van der Waals surface area contributed by atoms with Gasteiger partial charge >= 0.3 is 12.4 Å². The number of rotatable bonds is 5. The molecule has 3 aromatic rings. The summed E-state index contributed by atoms with van der Waals surface area (Å²) in [6.07, 6.45) is -9.13. The number of pyridine rings is 1. The van der Waals surface area contributed by atoms with Crippen molar-refractivity contribution in [1.82, 2.24) is 4.98 Å². The molecule has 0 radical (unpaired) electrons. The molecule has 0 spiro atoms. The maximum atomic E-state index is 13.4. The van der Waals surface area contributed by atoms with Crippen molar-refractivity contribution in [3.05, 3.63) is 89.1 Å². The van der Waals surface area contributed by atoms with Gasteiger partial charge < -0.3 is 16.6 Å². The Hall–Kier alpha value is -3.97. The lowest BCUT2D eigenvalue weighted by atomic mass is 10.1. The molecular weight excluding hydrogens is 494 g/mol. The Balaban J connectivity index is 0.000000678. The average Bonchev–Trinajstić information content (AvgIpc) is 2.84. The summed E-state index contributed by atoms with van der Waals surface area (Å²) in [6.45, 7) is -1.90. The second-order valence-corrected chi connectivity index (χ2v) is 7.12. The second-order valence-electron chi connectivity index (χ2n) is 7.12. The van der Waals surface area contributed by atoms with Crippen molar-refractivity contribution in [2.45, 2.75) is 18.9 Å². The van der Waals surface area contributed by atoms with Crippen LogP contribution < -0.4 is 16.4 Å². The minimum atomic E-state index is -4.72. The normalized spacial score (nSPS) is 11.3. The SMILES string of the molecule is NCc1cc(N(C(=O)c2cccc(C(N)=O)c2)c2ccccc2)nc(C(F)(F)F)c1.OCC(F)(F)F. The third-order valence-electron chi connectivity index (χ3n) is 4.42. The van der Waals surface area contributed by atoms with Gasteiger partial charge in [-0.25, -0.2) is 4.98 Å². The van der Waals surface area contributed by atoms with Crippen LogP contribution in [-0.2, 0) is 12.7 Å². The maximum Gasteiger partial charge on any atom is 0.433 e. The third-order valence-corrected chi connectivity index (χ3v) is 4.42. The summed E-state index contributed by atoms with van der Waals surface area (Å²) in [7, 11) is 0. The first kappa shape index (κ1) is 28.3. The standard InChI is InChI=1S/C21H17F3N4O2.C2H3F3O/c22-21(23,24)17-9-13(12-25)10-18(27-17)28(16-7-2-1-3-8-16)20(30)15-6-4-5-14(11-15)19(26)29;3-2(4,5)1-6/h1-11H,12,25H2,(H2,26,29);6H,1H2. The van der Waals surface area contributed by atoms with Crippen LogP contribution in [0.2, 0.25) is 0 Å². The average molecular weight is 514 g/mol. The van der Waals surface area contributed by atoms with E-state index in [9.17, 15) is 35.9 Å². The molecule has 13 heteroatoms. The topological polar surface area (TPSA) is 123 Å². The molecule has 0 aliphatic rings. The number of benzene rings is 2. The van der Waals surface area contributed by atoms with E-state index in [2.05, 4.69) is 4.98 Å². The van der Waals surface area contributed by atoms with Crippen molar-refractivity contribution < 1.29 is 41.0 Å². The number of carbonyl (C=O) groups is 2. The smallest absolute Gasteiger partial charge is 0.387 e. The van der Waals surface area contributed by atoms with E-state index in [1.807, 2.05) is 0 Å². The number of alkyl halides is 6. The fraction of sp³-hybridized carbons (Fsp3) is 0.174. The number of nitrogens with zero attached hydrogens (tertiary/aromatic N) is 2. The summed E-state index contributed by atoms with van der Waals surface area (Å²) in [5.74, 6) is -1.66. The van der Waals surface area contributed by atoms with Crippen LogP contribution >= 0.6 is 0 Å². The predicted molar refractivity (Wildman–Crippen MR) is 118 cm³/mol. The minimum absolute atomic E-state index is 0.0589. The van der Waals surface area contributed by atoms with Crippen molar-refractivity contribution in [1.29, 1.82) is 0 Å². The van der Waals surface area contributed by atoms with Gasteiger partial charge in [0.1, 0.15) is 18.1 Å². The quantitative estimate of drug-likeness (QED) is 0.441. The number of anilines is 2. The van der Waals surface area contributed by atoms with Crippen LogP contribution in [-0.4, -0.2) is 34.7 Å². The number of aliphatic hydroxyl groups excluding tert-OH is 1. The molecule has 2 aromatic carbocycles. The van der Waals surface area contributed by atoms with Crippen LogP contribution in [0.5, 0.6) is 0 Å². The number of amides is 2. The summed E-state index contributed by atoms with van der Waals surface area (Å²) in [5.41, 5.74) is 10.3. The lowest BCUT2D eigenvalue weighted by Gasteiger charge is -2.24. The lowest BCUT2D eigenvalue weighted by molar-refractivity contribution is -0.159. The van der Waals surface area contributed by atoms with E-state index >= 15 is 0 Å². The molecule has 0 aliphatic heterocycles. The molecule has 0 atom stereocenters. The predicted octanol–water partition coefficient (Wildman–Crippen LogP) is 4.18. The van der Waals surface area contributed by atoms with Crippen LogP contribution in [0.15, 0.2) is 66.7 Å². The number of aromatic nitrogens is 1. The van der Waals surface area contributed by atoms with E-state index in [1.165, 1.54) is 30.3 Å². The highest BCUT2D eigenvalue weighted by Crippen LogP contribution is 2.33. The Morgan fingerprint density at radius 2 is 1.47 bits per heavy atom. The van der Waals surface area contributed by atoms with Gasteiger partial charge in [0.05, 0.1) is 5.69 Å². The van der Waals surface area contributed by atoms with E-state index in [0.29, 0.717) is 5.69 Å². The number of carbonyl (C=O) groups excluding carboxylic acids is 2. The molecule has 2 amide bonds. The third kappa shape index (κ3) is 7.78. The summed E-state index contributed by atoms with van der Waals surface area (Å²) < 4.78 is 71.7. The van der Waals surface area contributed by atoms with Gasteiger partial charge in [-0.15, -0.1) is 0 Å². The number of hydrogen-bond donors (Lipinski definition) is 3. The Kier molecular flexibility index (Phi) is 9.14. The van der Waals surface area contributed by atoms with E-state index in [1.54, 1.807) is 30.3 Å². The Morgan fingerprint density at radius 1 is 0.889 bits per heavy atom. The Bertz CT molecular complexity index is 1200. The molecule has 0 saturated carbocycles. The van der Waals surface area contributed by atoms with Gasteiger partial charge in [-0.2, -0.15) is 26.3 Å². The highest BCUT2D eigenvalue weighted by molar-refractivity contribution is 6.11. The van der Waals surface area contributed by atoms with Crippen molar-refractivity contribution >= 4 is 23.3 Å². The number of hydrogen-bond acceptors (Lipinski definition) is 5. The van der Waals surface area contributed by atoms with Gasteiger partial charge in [0.25, 0.3) is 5.91 Å². The van der Waals surface area contributed by atoms with E-state index in [-0.39, 0.29) is 29.1 Å². The molecule has 0 aliphatic carbocycles. The fourth-order valence-electron chi connectivity index (χ4n) is 2.81. The zero-order chi connectivity index (χ0) is 27.1. The van der Waals surface area contributed by atoms with Crippen LogP contribution in [0.4, 0.5) is 37.8 Å². The van der Waals surface area contributed by atoms with Gasteiger partial charge in [-0.3, -0.25) is 14.5 Å². The van der Waals surface area contributed by atoms with Crippen molar-refractivity contribution in [2.24, 2.45) is 11.5 Å². The van der Waals surface area contributed by atoms with Gasteiger partial charge in [0.15, 0.2) is 0 Å². The first-order chi connectivity index (χ1) is 16.8. The number of halogens is 6. The van der Waals surface area contributed by atoms with Crippen LogP contribution in [0.1, 0.15) is 32.0 Å². The molecule has 0 fully saturated rings. The van der Waals surface area contributed by atoms with E-state index < -0.39 is 36.5 Å². The van der Waals surface area contributed by atoms with Gasteiger partial charge in [-0.1, -0.05) is 24.3 Å². The molecule has 1 aromatic heterocycles. The van der Waals surface area contributed by atoms with Crippen LogP contribution in [0.25, 0.3) is 0 Å². The number of para-hydroxylation sites is 1. The fourth-order valence-corrected chi connectivity index (χ4v) is 2.81. The first-order valence-corrected chi connectivity index (χ1v) is 10.0. The molecule has 0 saturated heterocycles. The zero-order valence-electron chi connectivity index (χ0n) is 18.3. The number of primary amides is 1. The van der Waals surface area contributed by atoms with Gasteiger partial charge in [0.2, 0.25) is 5.91 Å². The monoisotopic (exact) mass is 514 g/mol. The van der Waals surface area contributed by atoms with Crippen LogP contribution in [0.3, 0.4) is 0 Å². The molecule has 0 bridgehead atoms. The molecule has 7 nitrogen and oxygen atoms in total. The highest BCUT2D eigenvalue weighted by atomic mass is 19.4. The van der Waals surface area contributed by atoms with Crippen molar-refractivity contribution in [3.8, 4) is 0 Å². The van der Waals surface area contributed by atoms with Gasteiger partial charge in [-0.05, 0) is 48.0 Å². The molecule has 5 N–H and O–H groups in total. The lowest BCUT2D eigenvalue weighted by Crippen LogP contribution is -2.28. The first-order valence-electron chi connectivity index (χ1n) is 10.0. The highest BCUT2D eigenvalue weighted by Gasteiger charge is 2.34. The van der Waals surface area contributed by atoms with Crippen molar-refractivity contribution in [2.75, 3.05) is 11.5 Å². The largest absolute Gasteiger partial charge is 0.433 e. The maximum absolute atomic E-state index is 13.4. The summed E-state index contributed by atoms with van der Waals surface area (Å²) >= 11 is 0. The summed E-state index contributed by atoms with van der Waals surface area (Å²) in [4.78, 5) is 29.5. The number of nitrogens with two attached hydrogens (primary N) is 2. The molecule has 0 unspecified atom stereocenters. The minimum Gasteiger partial charge on any atom is -0.387 e. The number of aliphatic hydroxyl groups is 1. The molecule has 192 valence electrons. The zero-order valence-corrected chi connectivity index (χ0v) is 18.3. The van der Waals surface area contributed by atoms with Crippen LogP contribution in [0, 0.1) is 0 Å². The molecule has 3 rings (SSSR count). The Labute approximate surface area is 201 Å². The summed E-state index contributed by atoms with van der Waals surface area (Å²) in [5, 5.41) is 7.28. The van der Waals surface area contributed by atoms with Crippen molar-refractivity contribution in [3.63, 3.8) is 0 Å². The summed E-state index contributed by atoms with van der Waals surface area (Å²) in [6, 6.07) is 15.8. The molecular formula is C23H20F6N4O3.